The maximum absolute atomic E-state index is 14.2. The van der Waals surface area contributed by atoms with Crippen molar-refractivity contribution in [2.45, 2.75) is 62.4 Å². The highest BCUT2D eigenvalue weighted by atomic mass is 19.1. The number of carbonyl (C=O) groups is 3. The Morgan fingerprint density at radius 3 is 2.59 bits per heavy atom. The van der Waals surface area contributed by atoms with E-state index in [1.54, 1.807) is 24.3 Å². The molecule has 3 amide bonds. The highest BCUT2D eigenvalue weighted by Crippen LogP contribution is 2.49. The molecule has 49 heavy (non-hydrogen) atoms. The number of likely N-dealkylation sites (N-methyl/N-ethyl adjacent to an activating group) is 1. The number of nitrogens with one attached hydrogen (secondary N) is 3. The number of likely N-dealkylation sites (tertiary alicyclic amines) is 1. The number of benzene rings is 3. The smallest absolute Gasteiger partial charge is 0.310 e. The van der Waals surface area contributed by atoms with Gasteiger partial charge in [0.1, 0.15) is 25.1 Å². The summed E-state index contributed by atoms with van der Waals surface area (Å²) in [5.41, 5.74) is 3.23. The van der Waals surface area contributed by atoms with Crippen molar-refractivity contribution in [3.05, 3.63) is 83.7 Å². The molecule has 1 aromatic heterocycles. The number of nitrogens with zero attached hydrogens (tertiary/aromatic N) is 4. The number of fused-ring (bicyclic) bond motifs is 1. The zero-order chi connectivity index (χ0) is 34.1. The van der Waals surface area contributed by atoms with Gasteiger partial charge in [0.25, 0.3) is 5.91 Å². The first-order valence-electron chi connectivity index (χ1n) is 16.7. The molecule has 3 fully saturated rings. The Kier molecular flexibility index (Phi) is 8.77. The van der Waals surface area contributed by atoms with Gasteiger partial charge in [-0.05, 0) is 90.9 Å². The van der Waals surface area contributed by atoms with Crippen molar-refractivity contribution >= 4 is 28.5 Å². The fraction of sp³-hybridized carbons (Fsp3) is 0.378. The van der Waals surface area contributed by atoms with E-state index >= 15 is 0 Å². The molecule has 4 aromatic rings. The van der Waals surface area contributed by atoms with E-state index in [0.717, 1.165) is 53.1 Å². The van der Waals surface area contributed by atoms with Gasteiger partial charge in [0.15, 0.2) is 0 Å². The van der Waals surface area contributed by atoms with Crippen molar-refractivity contribution in [1.82, 2.24) is 30.6 Å². The SMILES string of the molecule is CN1C[C@H](F)CC1COc1ccc(CNC(=O)C(=O)NCC#N)c(C(=O)NC2(c3cc(-c4cnn(C5CC5)c4)cc4ccccc34)CC2)c1. The van der Waals surface area contributed by atoms with Gasteiger partial charge in [0.2, 0.25) is 0 Å². The molecular formula is C37H38FN7O4. The number of hydrogen-bond acceptors (Lipinski definition) is 7. The molecule has 2 saturated carbocycles. The Morgan fingerprint density at radius 1 is 1.06 bits per heavy atom. The number of aromatic nitrogens is 2. The second-order valence-corrected chi connectivity index (χ2v) is 13.3. The van der Waals surface area contributed by atoms with Gasteiger partial charge in [-0.3, -0.25) is 24.0 Å². The third-order valence-corrected chi connectivity index (χ3v) is 9.72. The summed E-state index contributed by atoms with van der Waals surface area (Å²) in [4.78, 5) is 40.6. The van der Waals surface area contributed by atoms with Crippen LogP contribution in [0.2, 0.25) is 0 Å². The molecule has 2 heterocycles. The molecule has 1 saturated heterocycles. The summed E-state index contributed by atoms with van der Waals surface area (Å²) in [7, 11) is 1.86. The van der Waals surface area contributed by atoms with Crippen LogP contribution < -0.4 is 20.7 Å². The Bertz CT molecular complexity index is 1960. The number of nitriles is 1. The van der Waals surface area contributed by atoms with Crippen LogP contribution in [-0.2, 0) is 21.7 Å². The monoisotopic (exact) mass is 663 g/mol. The first-order valence-corrected chi connectivity index (χ1v) is 16.7. The lowest BCUT2D eigenvalue weighted by Crippen LogP contribution is -2.40. The van der Waals surface area contributed by atoms with Crippen LogP contribution in [0.1, 0.15) is 59.6 Å². The van der Waals surface area contributed by atoms with Crippen LogP contribution in [0.15, 0.2) is 67.0 Å². The van der Waals surface area contributed by atoms with E-state index in [4.69, 9.17) is 10.00 Å². The Hall–Kier alpha value is -5.28. The number of alkyl halides is 1. The molecule has 1 aliphatic heterocycles. The number of amides is 3. The average molecular weight is 664 g/mol. The van der Waals surface area contributed by atoms with E-state index in [9.17, 15) is 18.8 Å². The Labute approximate surface area is 283 Å². The summed E-state index contributed by atoms with van der Waals surface area (Å²) in [5, 5.41) is 23.5. The van der Waals surface area contributed by atoms with Crippen molar-refractivity contribution in [3.63, 3.8) is 0 Å². The molecule has 0 spiro atoms. The highest BCUT2D eigenvalue weighted by Gasteiger charge is 2.47. The summed E-state index contributed by atoms with van der Waals surface area (Å²) in [6.45, 7) is 0.204. The molecule has 7 rings (SSSR count). The summed E-state index contributed by atoms with van der Waals surface area (Å²) in [5.74, 6) is -1.77. The molecule has 2 aliphatic carbocycles. The zero-order valence-electron chi connectivity index (χ0n) is 27.2. The third-order valence-electron chi connectivity index (χ3n) is 9.72. The first-order chi connectivity index (χ1) is 23.7. The molecule has 11 nitrogen and oxygen atoms in total. The topological polar surface area (TPSA) is 141 Å². The van der Waals surface area contributed by atoms with E-state index in [0.29, 0.717) is 30.3 Å². The van der Waals surface area contributed by atoms with Gasteiger partial charge in [-0.15, -0.1) is 0 Å². The molecule has 3 aromatic carbocycles. The Morgan fingerprint density at radius 2 is 1.86 bits per heavy atom. The van der Waals surface area contributed by atoms with Crippen molar-refractivity contribution in [2.24, 2.45) is 0 Å². The van der Waals surface area contributed by atoms with Gasteiger partial charge < -0.3 is 20.7 Å². The molecule has 3 aliphatic rings. The molecule has 0 radical (unpaired) electrons. The molecule has 252 valence electrons. The predicted octanol–water partition coefficient (Wildman–Crippen LogP) is 4.13. The van der Waals surface area contributed by atoms with Crippen LogP contribution in [0.3, 0.4) is 0 Å². The summed E-state index contributed by atoms with van der Waals surface area (Å²) in [6, 6.07) is 19.6. The molecule has 12 heteroatoms. The highest BCUT2D eigenvalue weighted by molar-refractivity contribution is 6.35. The van der Waals surface area contributed by atoms with Crippen LogP contribution >= 0.6 is 0 Å². The van der Waals surface area contributed by atoms with Gasteiger partial charge in [0.05, 0.1) is 23.8 Å². The quantitative estimate of drug-likeness (QED) is 0.162. The summed E-state index contributed by atoms with van der Waals surface area (Å²) in [6.07, 6.45) is 7.22. The molecule has 3 N–H and O–H groups in total. The van der Waals surface area contributed by atoms with E-state index in [2.05, 4.69) is 51.5 Å². The van der Waals surface area contributed by atoms with Gasteiger partial charge >= 0.3 is 11.8 Å². The third kappa shape index (κ3) is 6.98. The fourth-order valence-corrected chi connectivity index (χ4v) is 6.64. The van der Waals surface area contributed by atoms with E-state index < -0.39 is 23.5 Å². The molecule has 0 bridgehead atoms. The molecule has 2 atom stereocenters. The normalized spacial score (nSPS) is 19.6. The number of halogens is 1. The van der Waals surface area contributed by atoms with Crippen LogP contribution in [-0.4, -0.2) is 71.4 Å². The molecule has 1 unspecified atom stereocenters. The number of carbonyl (C=O) groups excluding carboxylic acids is 3. The van der Waals surface area contributed by atoms with Gasteiger partial charge in [-0.1, -0.05) is 30.3 Å². The zero-order valence-corrected chi connectivity index (χ0v) is 27.2. The number of ether oxygens (including phenoxy) is 1. The van der Waals surface area contributed by atoms with Crippen LogP contribution in [0.5, 0.6) is 5.75 Å². The Balaban J connectivity index is 1.17. The predicted molar refractivity (Wildman–Crippen MR) is 180 cm³/mol. The number of rotatable bonds is 11. The van der Waals surface area contributed by atoms with Crippen molar-refractivity contribution in [3.8, 4) is 22.9 Å². The van der Waals surface area contributed by atoms with Crippen LogP contribution in [0.25, 0.3) is 21.9 Å². The minimum absolute atomic E-state index is 0.0927. The second-order valence-electron chi connectivity index (χ2n) is 13.3. The fourth-order valence-electron chi connectivity index (χ4n) is 6.64. The largest absolute Gasteiger partial charge is 0.492 e. The van der Waals surface area contributed by atoms with E-state index in [1.165, 1.54) is 0 Å². The van der Waals surface area contributed by atoms with Crippen molar-refractivity contribution < 1.29 is 23.5 Å². The van der Waals surface area contributed by atoms with E-state index in [-0.39, 0.29) is 37.2 Å². The molecular weight excluding hydrogens is 625 g/mol. The lowest BCUT2D eigenvalue weighted by Gasteiger charge is -2.23. The second kappa shape index (κ2) is 13.3. The van der Waals surface area contributed by atoms with Crippen molar-refractivity contribution in [2.75, 3.05) is 26.7 Å². The summed E-state index contributed by atoms with van der Waals surface area (Å²) < 4.78 is 22.1. The standard InChI is InChI=1S/C37H38FN7O4/c1-44-21-27(38)16-29(44)22-49-30-9-6-24(18-41-36(48)35(47)40-13-12-39)32(17-30)34(46)43-37(10-11-37)33-15-25(14-23-4-2-3-5-31(23)33)26-19-42-45(20-26)28-7-8-28/h2-6,9,14-15,17,19-20,27-29H,7-8,10-11,13,16,18,21-22H2,1H3,(H,40,47)(H,41,48)(H,43,46)/t27-,29?/m1/s1. The minimum atomic E-state index is -0.939. The first kappa shape index (κ1) is 32.3. The maximum Gasteiger partial charge on any atom is 0.310 e. The maximum atomic E-state index is 14.2. The number of hydrogen-bond donors (Lipinski definition) is 3. The van der Waals surface area contributed by atoms with Crippen LogP contribution in [0, 0.1) is 11.3 Å². The van der Waals surface area contributed by atoms with Gasteiger partial charge in [-0.25, -0.2) is 4.39 Å². The van der Waals surface area contributed by atoms with Gasteiger partial charge in [-0.2, -0.15) is 10.4 Å². The minimum Gasteiger partial charge on any atom is -0.492 e. The lowest BCUT2D eigenvalue weighted by atomic mass is 9.92. The average Bonchev–Trinajstić information content (AvgIpc) is 4.03. The van der Waals surface area contributed by atoms with Crippen molar-refractivity contribution in [1.29, 1.82) is 5.26 Å². The summed E-state index contributed by atoms with van der Waals surface area (Å²) >= 11 is 0. The lowest BCUT2D eigenvalue weighted by molar-refractivity contribution is -0.139. The van der Waals surface area contributed by atoms with E-state index in [1.807, 2.05) is 35.0 Å². The van der Waals surface area contributed by atoms with Gasteiger partial charge in [0, 0.05) is 36.5 Å². The van der Waals surface area contributed by atoms with Crippen LogP contribution in [0.4, 0.5) is 4.39 Å².